The van der Waals surface area contributed by atoms with Gasteiger partial charge in [-0.3, -0.25) is 14.5 Å². The van der Waals surface area contributed by atoms with E-state index >= 15 is 0 Å². The monoisotopic (exact) mass is 699 g/mol. The second-order valence-electron chi connectivity index (χ2n) is 14.6. The first-order valence-corrected chi connectivity index (χ1v) is 17.3. The molecule has 3 rings (SSSR count). The van der Waals surface area contributed by atoms with E-state index in [-0.39, 0.29) is 43.4 Å². The molecule has 282 valence electrons. The smallest absolute Gasteiger partial charge is 0.411 e. The quantitative estimate of drug-likeness (QED) is 0.168. The highest BCUT2D eigenvalue weighted by Gasteiger charge is 2.60. The van der Waals surface area contributed by atoms with Crippen LogP contribution < -0.4 is 0 Å². The van der Waals surface area contributed by atoms with Gasteiger partial charge in [0.15, 0.2) is 11.9 Å². The number of esters is 1. The fraction of sp³-hybridized carbons (Fsp3) is 0.912. The van der Waals surface area contributed by atoms with Gasteiger partial charge in [-0.15, -0.1) is 0 Å². The molecule has 3 aliphatic heterocycles. The number of amides is 1. The third-order valence-electron chi connectivity index (χ3n) is 11.0. The molecule has 0 aromatic carbocycles. The van der Waals surface area contributed by atoms with Crippen molar-refractivity contribution in [3.8, 4) is 0 Å². The number of ketones is 1. The van der Waals surface area contributed by atoms with Crippen LogP contribution in [-0.2, 0) is 33.3 Å². The number of Topliss-reactive ketones (excluding diaryl/α,β-unsaturated/α-hetero) is 1. The molecular weight excluding hydrogens is 638 g/mol. The van der Waals surface area contributed by atoms with Crippen molar-refractivity contribution in [2.45, 2.75) is 136 Å². The Bertz CT molecular complexity index is 1190. The fourth-order valence-corrected chi connectivity index (χ4v) is 8.20. The average Bonchev–Trinajstić information content (AvgIpc) is 3.33. The predicted octanol–water partition coefficient (Wildman–Crippen LogP) is 4.13. The summed E-state index contributed by atoms with van der Waals surface area (Å²) >= 11 is 0. The topological polar surface area (TPSA) is 193 Å². The molecule has 0 spiro atoms. The minimum atomic E-state index is -1.45. The Kier molecular flexibility index (Phi) is 15.3. The van der Waals surface area contributed by atoms with E-state index in [1.54, 1.807) is 48.7 Å². The lowest BCUT2D eigenvalue weighted by molar-refractivity contribution is -0.287. The van der Waals surface area contributed by atoms with Crippen molar-refractivity contribution >= 4 is 17.8 Å². The van der Waals surface area contributed by atoms with Crippen LogP contribution in [0.1, 0.15) is 81.6 Å². The molecule has 0 bridgehead atoms. The molecule has 0 aromatic heterocycles. The molecule has 0 aliphatic carbocycles. The molecule has 0 aromatic rings. The van der Waals surface area contributed by atoms with Crippen molar-refractivity contribution in [1.82, 2.24) is 9.80 Å². The van der Waals surface area contributed by atoms with Crippen molar-refractivity contribution in [1.29, 1.82) is 0 Å². The highest BCUT2D eigenvalue weighted by molar-refractivity contribution is 5.85. The Morgan fingerprint density at radius 1 is 1.06 bits per heavy atom. The average molecular weight is 700 g/mol. The number of nitrogens with zero attached hydrogens (tertiary/aromatic N) is 5. The van der Waals surface area contributed by atoms with Crippen LogP contribution in [0.15, 0.2) is 5.11 Å². The van der Waals surface area contributed by atoms with Crippen LogP contribution in [0.3, 0.4) is 0 Å². The van der Waals surface area contributed by atoms with Crippen LogP contribution in [0.5, 0.6) is 0 Å². The molecule has 14 atom stereocenters. The summed E-state index contributed by atoms with van der Waals surface area (Å²) in [5.74, 6) is -3.98. The summed E-state index contributed by atoms with van der Waals surface area (Å²) in [7, 11) is 6.59. The highest BCUT2D eigenvalue weighted by atomic mass is 16.7. The lowest BCUT2D eigenvalue weighted by Gasteiger charge is -2.48. The molecule has 0 radical (unpaired) electrons. The van der Waals surface area contributed by atoms with Crippen molar-refractivity contribution in [2.24, 2.45) is 34.7 Å². The van der Waals surface area contributed by atoms with Gasteiger partial charge in [-0.2, -0.15) is 0 Å². The molecule has 3 heterocycles. The summed E-state index contributed by atoms with van der Waals surface area (Å²) in [6, 6.07) is -0.742. The van der Waals surface area contributed by atoms with Crippen LogP contribution in [0, 0.1) is 29.6 Å². The van der Waals surface area contributed by atoms with Crippen LogP contribution in [0.25, 0.3) is 10.4 Å². The molecular formula is C34H61N5O10. The lowest BCUT2D eigenvalue weighted by Crippen LogP contribution is -2.59. The summed E-state index contributed by atoms with van der Waals surface area (Å²) in [4.78, 5) is 47.4. The number of methoxy groups -OCH3 is 1. The zero-order chi connectivity index (χ0) is 37.6. The Morgan fingerprint density at radius 2 is 1.67 bits per heavy atom. The molecule has 4 unspecified atom stereocenters. The van der Waals surface area contributed by atoms with Gasteiger partial charge < -0.3 is 38.8 Å². The van der Waals surface area contributed by atoms with Crippen LogP contribution in [0.4, 0.5) is 4.79 Å². The first-order chi connectivity index (χ1) is 22.9. The SMILES string of the molecule is CC[C@H]1OC(=O)[C@H](C)[C@@H](O)[C@H](C)[C@@H](OC2OC(C)CC(N(C)C)C2C)[C@@](C)(OC)C[C@@H](C)C(=O)[C@H](C)[C@H]2N(CN=[N+]=[N-])C(=O)O[C@]12C.CO. The van der Waals surface area contributed by atoms with Crippen LogP contribution >= 0.6 is 0 Å². The summed E-state index contributed by atoms with van der Waals surface area (Å²) < 4.78 is 31.2. The zero-order valence-corrected chi connectivity index (χ0v) is 31.7. The van der Waals surface area contributed by atoms with E-state index in [1.807, 2.05) is 27.9 Å². The molecule has 3 saturated heterocycles. The van der Waals surface area contributed by atoms with Crippen molar-refractivity contribution in [3.63, 3.8) is 0 Å². The number of carbonyl (C=O) groups excluding carboxylic acids is 3. The maximum atomic E-state index is 14.3. The predicted molar refractivity (Wildman–Crippen MR) is 181 cm³/mol. The normalized spacial score (nSPS) is 42.2. The molecule has 3 fully saturated rings. The Balaban J connectivity index is 0.00000409. The maximum absolute atomic E-state index is 14.3. The molecule has 15 heteroatoms. The lowest BCUT2D eigenvalue weighted by atomic mass is 9.73. The second kappa shape index (κ2) is 17.6. The number of cyclic esters (lactones) is 1. The van der Waals surface area contributed by atoms with E-state index in [1.165, 1.54) is 4.90 Å². The van der Waals surface area contributed by atoms with Gasteiger partial charge in [-0.05, 0) is 66.6 Å². The first kappa shape index (κ1) is 42.6. The number of carbonyl (C=O) groups is 3. The van der Waals surface area contributed by atoms with Gasteiger partial charge in [-0.1, -0.05) is 39.7 Å². The van der Waals surface area contributed by atoms with Gasteiger partial charge in [0.25, 0.3) is 0 Å². The third-order valence-corrected chi connectivity index (χ3v) is 11.0. The zero-order valence-electron chi connectivity index (χ0n) is 31.7. The number of hydrogen-bond donors (Lipinski definition) is 2. The molecule has 3 aliphatic rings. The number of aliphatic hydroxyl groups excluding tert-OH is 2. The van der Waals surface area contributed by atoms with E-state index in [9.17, 15) is 19.5 Å². The minimum absolute atomic E-state index is 0.0360. The van der Waals surface area contributed by atoms with E-state index in [0.29, 0.717) is 0 Å². The van der Waals surface area contributed by atoms with Gasteiger partial charge in [0.05, 0.1) is 35.9 Å². The van der Waals surface area contributed by atoms with Crippen molar-refractivity contribution < 1.29 is 48.3 Å². The largest absolute Gasteiger partial charge is 0.458 e. The van der Waals surface area contributed by atoms with E-state index in [4.69, 9.17) is 34.3 Å². The number of rotatable bonds is 7. The number of aliphatic hydroxyl groups is 2. The van der Waals surface area contributed by atoms with Crippen molar-refractivity contribution in [2.75, 3.05) is 35.0 Å². The van der Waals surface area contributed by atoms with Crippen LogP contribution in [0.2, 0.25) is 0 Å². The van der Waals surface area contributed by atoms with Gasteiger partial charge in [0, 0.05) is 48.8 Å². The first-order valence-electron chi connectivity index (χ1n) is 17.3. The van der Waals surface area contributed by atoms with Gasteiger partial charge in [0.2, 0.25) is 0 Å². The number of ether oxygens (including phenoxy) is 5. The Morgan fingerprint density at radius 3 is 2.20 bits per heavy atom. The molecule has 1 amide bonds. The van der Waals surface area contributed by atoms with E-state index in [2.05, 4.69) is 21.8 Å². The molecule has 2 N–H and O–H groups in total. The third kappa shape index (κ3) is 8.87. The van der Waals surface area contributed by atoms with Gasteiger partial charge in [-0.25, -0.2) is 4.79 Å². The van der Waals surface area contributed by atoms with Crippen molar-refractivity contribution in [3.05, 3.63) is 10.4 Å². The fourth-order valence-electron chi connectivity index (χ4n) is 8.20. The van der Waals surface area contributed by atoms with E-state index in [0.717, 1.165) is 13.5 Å². The number of azide groups is 1. The summed E-state index contributed by atoms with van der Waals surface area (Å²) in [6.07, 6.45) is -3.23. The molecule has 49 heavy (non-hydrogen) atoms. The molecule has 0 saturated carbocycles. The second-order valence-corrected chi connectivity index (χ2v) is 14.6. The van der Waals surface area contributed by atoms with Crippen LogP contribution in [-0.4, -0.2) is 127 Å². The number of hydrogen-bond acceptors (Lipinski definition) is 12. The summed E-state index contributed by atoms with van der Waals surface area (Å²) in [6.45, 7) is 15.9. The standard InChI is InChI=1S/C33H57N5O9.CH4O/c1-13-24-33(9)27(38(16-35-36-34)31(42)47-33)20(5)25(39)17(2)15-32(8,43-12)28(21(6)26(40)22(7)29(41)45-24)46-30-19(4)23(37(10)11)14-18(3)44-30;1-2/h17-24,26-28,30,40H,13-16H2,1-12H3;2H,1H3/t17-,18?,19?,20+,21+,22-,23?,24-,26+,27-,28-,30?,32+,33-;/m1./s1. The summed E-state index contributed by atoms with van der Waals surface area (Å²) in [5.41, 5.74) is 6.46. The maximum Gasteiger partial charge on any atom is 0.411 e. The Hall–Kier alpha value is -2.52. The van der Waals surface area contributed by atoms with Gasteiger partial charge >= 0.3 is 12.1 Å². The highest BCUT2D eigenvalue weighted by Crippen LogP contribution is 2.43. The van der Waals surface area contributed by atoms with E-state index < -0.39 is 77.6 Å². The van der Waals surface area contributed by atoms with Gasteiger partial charge in [0.1, 0.15) is 18.6 Å². The minimum Gasteiger partial charge on any atom is -0.458 e. The summed E-state index contributed by atoms with van der Waals surface area (Å²) in [5, 5.41) is 22.4. The Labute approximate surface area is 291 Å². The number of fused-ring (bicyclic) bond motifs is 1. The molecule has 15 nitrogen and oxygen atoms in total.